The van der Waals surface area contributed by atoms with Gasteiger partial charge in [0.25, 0.3) is 5.43 Å². The Morgan fingerprint density at radius 1 is 0.800 bits per heavy atom. The Morgan fingerprint density at radius 3 is 2.02 bits per heavy atom. The number of nitrogens with two attached hydrogens (primary N) is 3. The first-order chi connectivity index (χ1) is 25.9. The molecule has 18 nitrogen and oxygen atoms in total. The Morgan fingerprint density at radius 2 is 1.44 bits per heavy atom. The van der Waals surface area contributed by atoms with Crippen molar-refractivity contribution in [1.29, 1.82) is 0 Å². The minimum atomic E-state index is -1.49. The highest BCUT2D eigenvalue weighted by atomic mass is 16.5. The second-order valence-electron chi connectivity index (χ2n) is 13.3. The molecule has 0 saturated carbocycles. The third-order valence-electron chi connectivity index (χ3n) is 8.73. The highest BCUT2D eigenvalue weighted by Gasteiger charge is 2.33. The van der Waals surface area contributed by atoms with Gasteiger partial charge in [0, 0.05) is 38.1 Å². The van der Waals surface area contributed by atoms with E-state index >= 15 is 0 Å². The number of carboxylic acid groups (broad SMARTS) is 1. The standard InChI is InChI=1S/C37H51N7O11/c1-4-55-34-22(32(51)33(34)52)12-14-29(47)42-25(17-21-9-6-5-7-10-21)28(46)18-23(20(2)3)36(54)44-24(11-8-16-41-37(39)40)27(45)13-15-30(48)43-26(35(38)53)19-31(49)50/h5-7,9-10,20,23-26H,4,8,11-19H2,1-3H3,(H2,38,53)(H,42,47)(H,43,48)(H,44,54)(H,49,50)(H4,39,40,41)/t23-,24-,25+,26-/m0/s1. The van der Waals surface area contributed by atoms with Gasteiger partial charge in [-0.2, -0.15) is 0 Å². The lowest BCUT2D eigenvalue weighted by molar-refractivity contribution is -0.140. The monoisotopic (exact) mass is 769 g/mol. The van der Waals surface area contributed by atoms with E-state index in [1.54, 1.807) is 51.1 Å². The van der Waals surface area contributed by atoms with E-state index in [1.165, 1.54) is 0 Å². The molecule has 0 bridgehead atoms. The van der Waals surface area contributed by atoms with E-state index in [9.17, 15) is 43.2 Å². The van der Waals surface area contributed by atoms with Crippen molar-refractivity contribution in [2.75, 3.05) is 13.2 Å². The lowest BCUT2D eigenvalue weighted by Gasteiger charge is -2.26. The van der Waals surface area contributed by atoms with Crippen molar-refractivity contribution in [1.82, 2.24) is 16.0 Å². The van der Waals surface area contributed by atoms with E-state index in [1.807, 2.05) is 0 Å². The molecule has 0 heterocycles. The smallest absolute Gasteiger partial charge is 0.305 e. The van der Waals surface area contributed by atoms with Gasteiger partial charge in [0.2, 0.25) is 29.1 Å². The van der Waals surface area contributed by atoms with Gasteiger partial charge in [-0.05, 0) is 44.1 Å². The van der Waals surface area contributed by atoms with E-state index in [-0.39, 0.29) is 68.9 Å². The number of Topliss-reactive ketones (excluding diaryl/α,β-unsaturated/α-hetero) is 2. The minimum absolute atomic E-state index is 0.0624. The number of nitrogens with zero attached hydrogens (tertiary/aromatic N) is 1. The van der Waals surface area contributed by atoms with Crippen LogP contribution >= 0.6 is 0 Å². The molecule has 0 aliphatic carbocycles. The lowest BCUT2D eigenvalue weighted by atomic mass is 9.86. The number of guanidine groups is 1. The molecule has 4 atom stereocenters. The predicted molar refractivity (Wildman–Crippen MR) is 200 cm³/mol. The summed E-state index contributed by atoms with van der Waals surface area (Å²) in [6.07, 6.45) is -1.76. The molecule has 0 fully saturated rings. The molecule has 0 aliphatic heterocycles. The molecule has 0 spiro atoms. The first kappa shape index (κ1) is 45.2. The summed E-state index contributed by atoms with van der Waals surface area (Å²) in [4.78, 5) is 117. The summed E-state index contributed by atoms with van der Waals surface area (Å²) in [6, 6.07) is 5.19. The summed E-state index contributed by atoms with van der Waals surface area (Å²) in [5.41, 5.74) is 15.3. The molecule has 18 heteroatoms. The molecule has 0 aliphatic rings. The molecule has 0 radical (unpaired) electrons. The molecule has 4 amide bonds. The van der Waals surface area contributed by atoms with Crippen molar-refractivity contribution in [2.24, 2.45) is 34.0 Å². The number of carbonyl (C=O) groups is 7. The fourth-order valence-electron chi connectivity index (χ4n) is 5.70. The highest BCUT2D eigenvalue weighted by molar-refractivity contribution is 5.96. The molecule has 0 aromatic heterocycles. The Kier molecular flexibility index (Phi) is 18.3. The molecule has 10 N–H and O–H groups in total. The second kappa shape index (κ2) is 22.3. The van der Waals surface area contributed by atoms with Crippen molar-refractivity contribution >= 4 is 47.1 Å². The number of nitrogens with one attached hydrogen (secondary N) is 3. The van der Waals surface area contributed by atoms with Crippen molar-refractivity contribution in [2.45, 2.75) is 96.7 Å². The van der Waals surface area contributed by atoms with E-state index < -0.39 is 101 Å². The highest BCUT2D eigenvalue weighted by Crippen LogP contribution is 2.20. The fourth-order valence-corrected chi connectivity index (χ4v) is 5.70. The third kappa shape index (κ3) is 15.1. The zero-order chi connectivity index (χ0) is 41.2. The van der Waals surface area contributed by atoms with Gasteiger partial charge in [-0.1, -0.05) is 44.2 Å². The predicted octanol–water partition coefficient (Wildman–Crippen LogP) is -1.09. The van der Waals surface area contributed by atoms with Gasteiger partial charge < -0.3 is 43.0 Å². The van der Waals surface area contributed by atoms with E-state index in [4.69, 9.17) is 27.0 Å². The van der Waals surface area contributed by atoms with Crippen LogP contribution in [0.5, 0.6) is 5.75 Å². The minimum Gasteiger partial charge on any atom is -0.489 e. The number of rotatable bonds is 26. The van der Waals surface area contributed by atoms with Crippen LogP contribution in [-0.2, 0) is 46.4 Å². The van der Waals surface area contributed by atoms with Crippen LogP contribution in [0.3, 0.4) is 0 Å². The number of carbonyl (C=O) groups excluding carboxylic acids is 6. The number of ether oxygens (including phenoxy) is 1. The molecule has 2 aromatic rings. The van der Waals surface area contributed by atoms with E-state index in [2.05, 4.69) is 20.9 Å². The Labute approximate surface area is 317 Å². The number of benzene rings is 1. The fraction of sp³-hybridized carbons (Fsp3) is 0.514. The van der Waals surface area contributed by atoms with Crippen LogP contribution in [0.4, 0.5) is 0 Å². The quantitative estimate of drug-likeness (QED) is 0.0259. The van der Waals surface area contributed by atoms with Gasteiger partial charge in [-0.15, -0.1) is 0 Å². The van der Waals surface area contributed by atoms with Crippen molar-refractivity contribution in [3.63, 3.8) is 0 Å². The molecule has 0 saturated heterocycles. The van der Waals surface area contributed by atoms with Crippen LogP contribution in [-0.4, -0.2) is 83.5 Å². The van der Waals surface area contributed by atoms with Crippen LogP contribution in [0.15, 0.2) is 44.9 Å². The van der Waals surface area contributed by atoms with Crippen molar-refractivity contribution in [3.05, 3.63) is 61.9 Å². The summed E-state index contributed by atoms with van der Waals surface area (Å²) >= 11 is 0. The molecule has 0 unspecified atom stereocenters. The molecule has 55 heavy (non-hydrogen) atoms. The van der Waals surface area contributed by atoms with Crippen LogP contribution in [0.1, 0.15) is 76.8 Å². The lowest BCUT2D eigenvalue weighted by Crippen LogP contribution is -2.48. The van der Waals surface area contributed by atoms with Gasteiger partial charge in [0.1, 0.15) is 6.04 Å². The van der Waals surface area contributed by atoms with Gasteiger partial charge in [-0.3, -0.25) is 48.1 Å². The molecule has 2 aromatic carbocycles. The van der Waals surface area contributed by atoms with E-state index in [0.29, 0.717) is 0 Å². The van der Waals surface area contributed by atoms with Gasteiger partial charge in [0.15, 0.2) is 23.3 Å². The number of ketones is 2. The number of primary amides is 1. The maximum absolute atomic E-state index is 13.9. The van der Waals surface area contributed by atoms with Gasteiger partial charge in [-0.25, -0.2) is 0 Å². The first-order valence-electron chi connectivity index (χ1n) is 17.9. The number of amides is 4. The third-order valence-corrected chi connectivity index (χ3v) is 8.73. The van der Waals surface area contributed by atoms with E-state index in [0.717, 1.165) is 5.56 Å². The molecule has 300 valence electrons. The normalized spacial score (nSPS) is 13.2. The Balaban J connectivity index is 2.21. The second-order valence-corrected chi connectivity index (χ2v) is 13.3. The number of aliphatic imine (C=N–C) groups is 1. The largest absolute Gasteiger partial charge is 0.489 e. The SMILES string of the molecule is CCOc1c(CCC(=O)N[C@H](Cc2ccccc2)C(=O)C[C@H](C(=O)N[C@@H](CCCN=C(N)N)C(=O)CCC(=O)N[C@@H](CC(=O)O)C(N)=O)C(C)C)c(=O)c1=O. The summed E-state index contributed by atoms with van der Waals surface area (Å²) in [7, 11) is 0. The number of hydrogen-bond donors (Lipinski definition) is 7. The average Bonchev–Trinajstić information content (AvgIpc) is 3.12. The maximum Gasteiger partial charge on any atom is 0.305 e. The topological polar surface area (TPSA) is 310 Å². The van der Waals surface area contributed by atoms with Crippen LogP contribution < -0.4 is 48.7 Å². The Bertz CT molecular complexity index is 1780. The van der Waals surface area contributed by atoms with Crippen molar-refractivity contribution in [3.8, 4) is 5.75 Å². The number of hydrogen-bond acceptors (Lipinski definition) is 11. The summed E-state index contributed by atoms with van der Waals surface area (Å²) in [5, 5.41) is 16.6. The van der Waals surface area contributed by atoms with Crippen LogP contribution in [0, 0.1) is 11.8 Å². The zero-order valence-corrected chi connectivity index (χ0v) is 31.3. The zero-order valence-electron chi connectivity index (χ0n) is 31.3. The first-order valence-corrected chi connectivity index (χ1v) is 17.9. The van der Waals surface area contributed by atoms with Gasteiger partial charge in [0.05, 0.1) is 30.7 Å². The summed E-state index contributed by atoms with van der Waals surface area (Å²) in [6.45, 7) is 5.38. The number of carboxylic acids is 1. The summed E-state index contributed by atoms with van der Waals surface area (Å²) < 4.78 is 5.23. The molecular weight excluding hydrogens is 718 g/mol. The summed E-state index contributed by atoms with van der Waals surface area (Å²) in [5.74, 6) is -7.06. The molecule has 2 rings (SSSR count). The molecular formula is C37H51N7O11. The van der Waals surface area contributed by atoms with Crippen LogP contribution in [0.2, 0.25) is 0 Å². The maximum atomic E-state index is 13.9. The van der Waals surface area contributed by atoms with Gasteiger partial charge >= 0.3 is 5.97 Å². The number of aliphatic carboxylic acids is 1. The van der Waals surface area contributed by atoms with Crippen molar-refractivity contribution < 1.29 is 43.4 Å². The average molecular weight is 770 g/mol. The Hall–Kier alpha value is -5.94. The van der Waals surface area contributed by atoms with Crippen LogP contribution in [0.25, 0.3) is 0 Å².